The van der Waals surface area contributed by atoms with Crippen molar-refractivity contribution in [3.05, 3.63) is 36.0 Å². The molecule has 2 aromatic rings. The summed E-state index contributed by atoms with van der Waals surface area (Å²) in [5.41, 5.74) is 2.42. The highest BCUT2D eigenvalue weighted by atomic mass is 32.2. The van der Waals surface area contributed by atoms with E-state index in [-0.39, 0.29) is 11.5 Å². The number of rotatable bonds is 7. The van der Waals surface area contributed by atoms with Gasteiger partial charge in [0.2, 0.25) is 0 Å². The highest BCUT2D eigenvalue weighted by Crippen LogP contribution is 2.21. The predicted octanol–water partition coefficient (Wildman–Crippen LogP) is 2.19. The van der Waals surface area contributed by atoms with Gasteiger partial charge >= 0.3 is 0 Å². The van der Waals surface area contributed by atoms with Crippen molar-refractivity contribution in [2.45, 2.75) is 26.4 Å². The lowest BCUT2D eigenvalue weighted by Gasteiger charge is -2.05. The molecule has 1 heterocycles. The molecule has 0 saturated carbocycles. The molecule has 0 aliphatic carbocycles. The molecule has 4 nitrogen and oxygen atoms in total. The number of aromatic nitrogens is 1. The molecule has 5 heteroatoms. The summed E-state index contributed by atoms with van der Waals surface area (Å²) >= 11 is 0. The summed E-state index contributed by atoms with van der Waals surface area (Å²) in [6.45, 7) is 3.26. The minimum Gasteiger partial charge on any atom is -0.347 e. The van der Waals surface area contributed by atoms with Gasteiger partial charge in [-0.1, -0.05) is 25.1 Å². The number of fused-ring (bicyclic) bond motifs is 1. The Kier molecular flexibility index (Phi) is 4.83. The topological polar surface area (TPSA) is 51.1 Å². The second-order valence-electron chi connectivity index (χ2n) is 4.99. The monoisotopic (exact) mass is 294 g/mol. The number of nitrogens with zero attached hydrogens (tertiary/aromatic N) is 1. The molecule has 0 aliphatic rings. The van der Waals surface area contributed by atoms with E-state index in [2.05, 4.69) is 28.2 Å². The number of aryl methyl sites for hydroxylation is 1. The minimum absolute atomic E-state index is 0.227. The zero-order valence-corrected chi connectivity index (χ0v) is 12.9. The number of benzene rings is 1. The molecule has 0 bridgehead atoms. The third kappa shape index (κ3) is 3.41. The van der Waals surface area contributed by atoms with Crippen LogP contribution in [0.15, 0.2) is 30.5 Å². The van der Waals surface area contributed by atoms with Gasteiger partial charge in [0, 0.05) is 35.9 Å². The van der Waals surface area contributed by atoms with Gasteiger partial charge in [0.25, 0.3) is 0 Å². The van der Waals surface area contributed by atoms with Crippen molar-refractivity contribution in [1.29, 1.82) is 0 Å². The van der Waals surface area contributed by atoms with Crippen LogP contribution >= 0.6 is 0 Å². The largest absolute Gasteiger partial charge is 0.347 e. The van der Waals surface area contributed by atoms with Crippen molar-refractivity contribution in [2.24, 2.45) is 0 Å². The highest BCUT2D eigenvalue weighted by Gasteiger charge is 2.10. The van der Waals surface area contributed by atoms with Crippen molar-refractivity contribution >= 4 is 20.7 Å². The maximum Gasteiger partial charge on any atom is 0.150 e. The minimum atomic E-state index is -2.87. The van der Waals surface area contributed by atoms with Gasteiger partial charge in [0.1, 0.15) is 9.84 Å². The van der Waals surface area contributed by atoms with Crippen molar-refractivity contribution in [1.82, 2.24) is 9.88 Å². The van der Waals surface area contributed by atoms with E-state index in [9.17, 15) is 8.42 Å². The molecule has 20 heavy (non-hydrogen) atoms. The average molecular weight is 294 g/mol. The molecule has 0 radical (unpaired) electrons. The molecule has 1 aromatic carbocycles. The van der Waals surface area contributed by atoms with Crippen LogP contribution in [0, 0.1) is 0 Å². The van der Waals surface area contributed by atoms with Crippen LogP contribution in [0.5, 0.6) is 0 Å². The van der Waals surface area contributed by atoms with Gasteiger partial charge in [-0.15, -0.1) is 0 Å². The molecule has 0 atom stereocenters. The summed E-state index contributed by atoms with van der Waals surface area (Å²) < 4.78 is 25.2. The van der Waals surface area contributed by atoms with Crippen LogP contribution in [0.4, 0.5) is 0 Å². The number of sulfone groups is 1. The van der Waals surface area contributed by atoms with Crippen LogP contribution in [-0.4, -0.2) is 31.5 Å². The molecule has 1 N–H and O–H groups in total. The quantitative estimate of drug-likeness (QED) is 0.851. The lowest BCUT2D eigenvalue weighted by molar-refractivity contribution is 0.589. The van der Waals surface area contributed by atoms with Crippen molar-refractivity contribution in [3.8, 4) is 0 Å². The fraction of sp³-hybridized carbons (Fsp3) is 0.467. The molecule has 0 spiro atoms. The van der Waals surface area contributed by atoms with E-state index < -0.39 is 9.84 Å². The Balaban J connectivity index is 2.18. The molecule has 0 fully saturated rings. The van der Waals surface area contributed by atoms with Gasteiger partial charge < -0.3 is 9.88 Å². The summed E-state index contributed by atoms with van der Waals surface area (Å²) in [5, 5.41) is 4.41. The predicted molar refractivity (Wildman–Crippen MR) is 83.6 cm³/mol. The Morgan fingerprint density at radius 2 is 2.00 bits per heavy atom. The van der Waals surface area contributed by atoms with Gasteiger partial charge in [-0.2, -0.15) is 0 Å². The van der Waals surface area contributed by atoms with Gasteiger partial charge in [0.05, 0.1) is 5.75 Å². The fourth-order valence-electron chi connectivity index (χ4n) is 2.44. The first kappa shape index (κ1) is 15.1. The lowest BCUT2D eigenvalue weighted by Crippen LogP contribution is -2.11. The SMILES string of the molecule is CCS(=O)(=O)CCCn1cc(CNC)c2ccccc21. The van der Waals surface area contributed by atoms with E-state index in [4.69, 9.17) is 0 Å². The maximum atomic E-state index is 11.5. The van der Waals surface area contributed by atoms with Crippen LogP contribution in [0.1, 0.15) is 18.9 Å². The van der Waals surface area contributed by atoms with Crippen LogP contribution < -0.4 is 5.32 Å². The van der Waals surface area contributed by atoms with Gasteiger partial charge in [-0.05, 0) is 25.1 Å². The van der Waals surface area contributed by atoms with Crippen LogP contribution in [0.3, 0.4) is 0 Å². The maximum absolute atomic E-state index is 11.5. The smallest absolute Gasteiger partial charge is 0.150 e. The highest BCUT2D eigenvalue weighted by molar-refractivity contribution is 7.91. The van der Waals surface area contributed by atoms with Crippen LogP contribution in [-0.2, 0) is 22.9 Å². The first-order chi connectivity index (χ1) is 9.57. The number of hydrogen-bond donors (Lipinski definition) is 1. The van der Waals surface area contributed by atoms with Crippen LogP contribution in [0.25, 0.3) is 10.9 Å². The number of para-hydroxylation sites is 1. The second-order valence-corrected chi connectivity index (χ2v) is 7.46. The van der Waals surface area contributed by atoms with Gasteiger partial charge in [0.15, 0.2) is 0 Å². The van der Waals surface area contributed by atoms with E-state index in [1.807, 2.05) is 19.2 Å². The van der Waals surface area contributed by atoms with E-state index in [0.717, 1.165) is 13.1 Å². The lowest BCUT2D eigenvalue weighted by atomic mass is 10.2. The summed E-state index contributed by atoms with van der Waals surface area (Å²) in [6, 6.07) is 8.25. The zero-order valence-electron chi connectivity index (χ0n) is 12.1. The molecule has 0 aliphatic heterocycles. The summed E-state index contributed by atoms with van der Waals surface area (Å²) in [4.78, 5) is 0. The Hall–Kier alpha value is -1.33. The molecular formula is C15H22N2O2S. The Morgan fingerprint density at radius 3 is 2.70 bits per heavy atom. The number of nitrogens with one attached hydrogen (secondary N) is 1. The number of hydrogen-bond acceptors (Lipinski definition) is 3. The first-order valence-corrected chi connectivity index (χ1v) is 8.81. The van der Waals surface area contributed by atoms with E-state index in [1.165, 1.54) is 16.5 Å². The van der Waals surface area contributed by atoms with Crippen molar-refractivity contribution < 1.29 is 8.42 Å². The zero-order chi connectivity index (χ0) is 14.6. The average Bonchev–Trinajstić information content (AvgIpc) is 2.78. The summed E-state index contributed by atoms with van der Waals surface area (Å²) in [6.07, 6.45) is 2.79. The van der Waals surface area contributed by atoms with Crippen molar-refractivity contribution in [2.75, 3.05) is 18.6 Å². The van der Waals surface area contributed by atoms with E-state index >= 15 is 0 Å². The van der Waals surface area contributed by atoms with Crippen molar-refractivity contribution in [3.63, 3.8) is 0 Å². The molecule has 0 unspecified atom stereocenters. The van der Waals surface area contributed by atoms with E-state index in [1.54, 1.807) is 6.92 Å². The fourth-order valence-corrected chi connectivity index (χ4v) is 3.30. The second kappa shape index (κ2) is 6.41. The Labute approximate surface area is 120 Å². The van der Waals surface area contributed by atoms with Crippen LogP contribution in [0.2, 0.25) is 0 Å². The first-order valence-electron chi connectivity index (χ1n) is 6.99. The molecule has 2 rings (SSSR count). The standard InChI is InChI=1S/C15H22N2O2S/c1-3-20(18,19)10-6-9-17-12-13(11-16-2)14-7-4-5-8-15(14)17/h4-5,7-8,12,16H,3,6,9-11H2,1-2H3. The third-order valence-corrected chi connectivity index (χ3v) is 5.32. The van der Waals surface area contributed by atoms with E-state index in [0.29, 0.717) is 6.42 Å². The van der Waals surface area contributed by atoms with Gasteiger partial charge in [-0.25, -0.2) is 8.42 Å². The Morgan fingerprint density at radius 1 is 1.25 bits per heavy atom. The Bertz CT molecular complexity index is 674. The molecule has 110 valence electrons. The third-order valence-electron chi connectivity index (χ3n) is 3.53. The molecule has 0 saturated heterocycles. The molecule has 1 aromatic heterocycles. The summed E-state index contributed by atoms with van der Waals surface area (Å²) in [7, 11) is -0.942. The normalized spacial score (nSPS) is 12.1. The molecular weight excluding hydrogens is 272 g/mol. The summed E-state index contributed by atoms with van der Waals surface area (Å²) in [5.74, 6) is 0.488. The molecule has 0 amide bonds. The van der Waals surface area contributed by atoms with Gasteiger partial charge in [-0.3, -0.25) is 0 Å².